The van der Waals surface area contributed by atoms with Gasteiger partial charge >= 0.3 is 5.91 Å². The summed E-state index contributed by atoms with van der Waals surface area (Å²) in [6, 6.07) is 6.07. The number of rotatable bonds is 3. The molecule has 0 saturated carbocycles. The number of hydrogen-bond acceptors (Lipinski definition) is 4. The van der Waals surface area contributed by atoms with Gasteiger partial charge in [-0.3, -0.25) is 19.3 Å². The molecule has 1 N–H and O–H groups in total. The molecule has 23 heavy (non-hydrogen) atoms. The van der Waals surface area contributed by atoms with Crippen molar-refractivity contribution >= 4 is 39.4 Å². The largest absolute Gasteiger partial charge is 0.350 e. The van der Waals surface area contributed by atoms with Crippen LogP contribution in [0.4, 0.5) is 0 Å². The Labute approximate surface area is 140 Å². The van der Waals surface area contributed by atoms with Gasteiger partial charge in [0.1, 0.15) is 5.84 Å². The van der Waals surface area contributed by atoms with E-state index in [0.29, 0.717) is 5.84 Å². The van der Waals surface area contributed by atoms with Crippen LogP contribution in [0, 0.1) is 0 Å². The van der Waals surface area contributed by atoms with Crippen LogP contribution in [0.3, 0.4) is 0 Å². The fourth-order valence-electron chi connectivity index (χ4n) is 2.20. The van der Waals surface area contributed by atoms with Gasteiger partial charge in [-0.25, -0.2) is 4.99 Å². The molecule has 1 aromatic rings. The van der Waals surface area contributed by atoms with Crippen molar-refractivity contribution in [3.63, 3.8) is 0 Å². The van der Waals surface area contributed by atoms with Crippen molar-refractivity contribution in [2.45, 2.75) is 12.6 Å². The summed E-state index contributed by atoms with van der Waals surface area (Å²) in [5.74, 6) is -1.87. The standard InChI is InChI=1S/C16H12BrN3O3/c17-11-6-4-10(5-7-11)9-18-15(22)13-14(21)16(23)20-8-2-1-3-12(20)19-13/h1-8,13H,9H2,(H,18,22). The van der Waals surface area contributed by atoms with E-state index in [2.05, 4.69) is 26.2 Å². The number of nitrogens with zero attached hydrogens (tertiary/aromatic N) is 2. The first-order chi connectivity index (χ1) is 11.1. The summed E-state index contributed by atoms with van der Waals surface area (Å²) in [6.07, 6.45) is 6.35. The van der Waals surface area contributed by atoms with Crippen LogP contribution in [0.2, 0.25) is 0 Å². The number of fused-ring (bicyclic) bond motifs is 1. The Kier molecular flexibility index (Phi) is 4.20. The minimum absolute atomic E-state index is 0.258. The van der Waals surface area contributed by atoms with Gasteiger partial charge in [0.25, 0.3) is 11.7 Å². The number of halogens is 1. The van der Waals surface area contributed by atoms with Gasteiger partial charge in [-0.05, 0) is 29.8 Å². The second-order valence-electron chi connectivity index (χ2n) is 4.97. The lowest BCUT2D eigenvalue weighted by Gasteiger charge is -2.26. The van der Waals surface area contributed by atoms with E-state index in [9.17, 15) is 14.4 Å². The van der Waals surface area contributed by atoms with Crippen molar-refractivity contribution in [3.8, 4) is 0 Å². The lowest BCUT2D eigenvalue weighted by molar-refractivity contribution is -0.144. The first kappa shape index (κ1) is 15.4. The molecule has 1 unspecified atom stereocenters. The van der Waals surface area contributed by atoms with Crippen molar-refractivity contribution in [2.24, 2.45) is 4.99 Å². The maximum Gasteiger partial charge on any atom is 0.302 e. The third kappa shape index (κ3) is 3.14. The number of carbonyl (C=O) groups excluding carboxylic acids is 3. The summed E-state index contributed by atoms with van der Waals surface area (Å²) in [4.78, 5) is 41.5. The van der Waals surface area contributed by atoms with Crippen LogP contribution in [-0.2, 0) is 20.9 Å². The Morgan fingerprint density at radius 1 is 1.22 bits per heavy atom. The molecule has 0 spiro atoms. The van der Waals surface area contributed by atoms with Crippen LogP contribution in [0.5, 0.6) is 0 Å². The summed E-state index contributed by atoms with van der Waals surface area (Å²) >= 11 is 3.33. The Morgan fingerprint density at radius 3 is 2.70 bits per heavy atom. The molecule has 1 aromatic carbocycles. The van der Waals surface area contributed by atoms with Crippen molar-refractivity contribution in [2.75, 3.05) is 0 Å². The zero-order valence-corrected chi connectivity index (χ0v) is 13.5. The van der Waals surface area contributed by atoms with Crippen LogP contribution in [0.15, 0.2) is 58.2 Å². The van der Waals surface area contributed by atoms with Gasteiger partial charge in [-0.15, -0.1) is 0 Å². The normalized spacial score (nSPS) is 19.4. The number of Topliss-reactive ketones (excluding diaryl/α,β-unsaturated/α-hetero) is 1. The summed E-state index contributed by atoms with van der Waals surface area (Å²) in [6.45, 7) is 0.258. The average molecular weight is 374 g/mol. The quantitative estimate of drug-likeness (QED) is 0.641. The van der Waals surface area contributed by atoms with Gasteiger partial charge in [0.05, 0.1) is 0 Å². The third-order valence-electron chi connectivity index (χ3n) is 3.41. The average Bonchev–Trinajstić information content (AvgIpc) is 2.57. The van der Waals surface area contributed by atoms with Gasteiger partial charge in [0.2, 0.25) is 0 Å². The molecule has 0 radical (unpaired) electrons. The minimum atomic E-state index is -1.33. The van der Waals surface area contributed by atoms with Crippen molar-refractivity contribution in [1.82, 2.24) is 10.2 Å². The highest BCUT2D eigenvalue weighted by Gasteiger charge is 2.39. The molecular weight excluding hydrogens is 362 g/mol. The van der Waals surface area contributed by atoms with Gasteiger partial charge in [-0.2, -0.15) is 0 Å². The number of aliphatic imine (C=N–C) groups is 1. The summed E-state index contributed by atoms with van der Waals surface area (Å²) in [7, 11) is 0. The van der Waals surface area contributed by atoms with E-state index in [1.165, 1.54) is 6.20 Å². The van der Waals surface area contributed by atoms with Gasteiger partial charge < -0.3 is 5.32 Å². The lowest BCUT2D eigenvalue weighted by atomic mass is 10.1. The number of hydrogen-bond donors (Lipinski definition) is 1. The molecule has 0 bridgehead atoms. The molecule has 0 aliphatic carbocycles. The van der Waals surface area contributed by atoms with Crippen LogP contribution < -0.4 is 5.32 Å². The fourth-order valence-corrected chi connectivity index (χ4v) is 2.47. The maximum absolute atomic E-state index is 12.2. The fraction of sp³-hybridized carbons (Fsp3) is 0.125. The van der Waals surface area contributed by atoms with E-state index in [1.807, 2.05) is 24.3 Å². The number of ketones is 1. The first-order valence-electron chi connectivity index (χ1n) is 6.88. The monoisotopic (exact) mass is 373 g/mol. The summed E-state index contributed by atoms with van der Waals surface area (Å²) in [5, 5.41) is 2.64. The van der Waals surface area contributed by atoms with Crippen molar-refractivity contribution in [3.05, 3.63) is 58.7 Å². The van der Waals surface area contributed by atoms with E-state index >= 15 is 0 Å². The highest BCUT2D eigenvalue weighted by atomic mass is 79.9. The smallest absolute Gasteiger partial charge is 0.302 e. The predicted molar refractivity (Wildman–Crippen MR) is 87.3 cm³/mol. The second kappa shape index (κ2) is 6.29. The second-order valence-corrected chi connectivity index (χ2v) is 5.89. The van der Waals surface area contributed by atoms with Crippen LogP contribution in [0.25, 0.3) is 0 Å². The molecule has 2 aliphatic heterocycles. The number of amides is 2. The zero-order valence-electron chi connectivity index (χ0n) is 11.9. The Morgan fingerprint density at radius 2 is 1.96 bits per heavy atom. The highest BCUT2D eigenvalue weighted by Crippen LogP contribution is 2.14. The van der Waals surface area contributed by atoms with Crippen LogP contribution in [-0.4, -0.2) is 34.4 Å². The molecule has 0 aromatic heterocycles. The first-order valence-corrected chi connectivity index (χ1v) is 7.68. The predicted octanol–water partition coefficient (Wildman–Crippen LogP) is 1.33. The topological polar surface area (TPSA) is 78.8 Å². The highest BCUT2D eigenvalue weighted by molar-refractivity contribution is 9.10. The van der Waals surface area contributed by atoms with Crippen molar-refractivity contribution < 1.29 is 14.4 Å². The SMILES string of the molecule is O=C(NCc1ccc(Br)cc1)C1N=C2C=CC=CN2C(=O)C1=O. The number of amidine groups is 1. The minimum Gasteiger partial charge on any atom is -0.350 e. The van der Waals surface area contributed by atoms with Crippen LogP contribution >= 0.6 is 15.9 Å². The number of benzene rings is 1. The molecule has 116 valence electrons. The lowest BCUT2D eigenvalue weighted by Crippen LogP contribution is -2.52. The summed E-state index contributed by atoms with van der Waals surface area (Å²) in [5.41, 5.74) is 0.880. The summed E-state index contributed by atoms with van der Waals surface area (Å²) < 4.78 is 0.935. The molecule has 6 nitrogen and oxygen atoms in total. The maximum atomic E-state index is 12.2. The molecule has 1 atom stereocenters. The van der Waals surface area contributed by atoms with E-state index < -0.39 is 23.6 Å². The molecule has 0 saturated heterocycles. The van der Waals surface area contributed by atoms with Crippen LogP contribution in [0.1, 0.15) is 5.56 Å². The molecule has 2 aliphatic rings. The zero-order chi connectivity index (χ0) is 16.4. The molecule has 7 heteroatoms. The van der Waals surface area contributed by atoms with Gasteiger partial charge in [0, 0.05) is 17.2 Å². The molecule has 0 fully saturated rings. The number of allylic oxidation sites excluding steroid dienone is 2. The molecule has 2 heterocycles. The van der Waals surface area contributed by atoms with E-state index in [-0.39, 0.29) is 6.54 Å². The third-order valence-corrected chi connectivity index (χ3v) is 3.93. The van der Waals surface area contributed by atoms with E-state index in [1.54, 1.807) is 18.2 Å². The Bertz CT molecular complexity index is 765. The van der Waals surface area contributed by atoms with Gasteiger partial charge in [-0.1, -0.05) is 34.1 Å². The van der Waals surface area contributed by atoms with Gasteiger partial charge in [0.15, 0.2) is 6.04 Å². The number of carbonyl (C=O) groups is 3. The number of nitrogens with one attached hydrogen (secondary N) is 1. The van der Waals surface area contributed by atoms with E-state index in [4.69, 9.17) is 0 Å². The molecule has 3 rings (SSSR count). The Hall–Kier alpha value is -2.54. The molecule has 2 amide bonds. The molecular formula is C16H12BrN3O3. The van der Waals surface area contributed by atoms with Crippen molar-refractivity contribution in [1.29, 1.82) is 0 Å². The van der Waals surface area contributed by atoms with E-state index in [0.717, 1.165) is 14.9 Å². The Balaban J connectivity index is 1.72.